The lowest BCUT2D eigenvalue weighted by molar-refractivity contribution is -0.595. The van der Waals surface area contributed by atoms with Crippen LogP contribution in [0.15, 0.2) is 43.0 Å². The molecule has 0 atom stereocenters. The molecule has 0 aliphatic carbocycles. The van der Waals surface area contributed by atoms with Crippen LogP contribution in [0.3, 0.4) is 0 Å². The van der Waals surface area contributed by atoms with Crippen molar-refractivity contribution in [1.29, 1.82) is 0 Å². The highest BCUT2D eigenvalue weighted by molar-refractivity contribution is 5.59. The Balaban J connectivity index is 2.07. The third-order valence-corrected chi connectivity index (χ3v) is 5.14. The Labute approximate surface area is 163 Å². The van der Waals surface area contributed by atoms with Crippen molar-refractivity contribution in [1.82, 2.24) is 4.57 Å². The van der Waals surface area contributed by atoms with E-state index in [4.69, 9.17) is 0 Å². The number of aromatic nitrogens is 2. The van der Waals surface area contributed by atoms with Crippen molar-refractivity contribution >= 4 is 11.4 Å². The number of nitrogens with zero attached hydrogens (tertiary/aromatic N) is 4. The number of benzene rings is 2. The number of aryl methyl sites for hydroxylation is 4. The summed E-state index contributed by atoms with van der Waals surface area (Å²) in [5.74, 6) is 0. The number of anilines is 2. The van der Waals surface area contributed by atoms with E-state index < -0.39 is 0 Å². The Morgan fingerprint density at radius 2 is 1.15 bits per heavy atom. The zero-order valence-corrected chi connectivity index (χ0v) is 17.8. The molecule has 3 rings (SSSR count). The first-order valence-electron chi connectivity index (χ1n) is 9.36. The molecule has 1 aromatic heterocycles. The molecular formula is C23H31N4+. The Morgan fingerprint density at radius 1 is 0.704 bits per heavy atom. The summed E-state index contributed by atoms with van der Waals surface area (Å²) >= 11 is 0. The monoisotopic (exact) mass is 363 g/mol. The lowest BCUT2D eigenvalue weighted by Crippen LogP contribution is -2.30. The summed E-state index contributed by atoms with van der Waals surface area (Å²) in [7, 11) is 8.34. The van der Waals surface area contributed by atoms with Gasteiger partial charge in [0.25, 0.3) is 6.33 Å². The lowest BCUT2D eigenvalue weighted by Gasteiger charge is -2.16. The molecule has 0 unspecified atom stereocenters. The molecule has 1 heterocycles. The van der Waals surface area contributed by atoms with Gasteiger partial charge in [0.2, 0.25) is 0 Å². The average Bonchev–Trinajstić information content (AvgIpc) is 3.02. The van der Waals surface area contributed by atoms with Gasteiger partial charge in [0, 0.05) is 39.6 Å². The standard InChI is InChI=1S/C23H31N4/c1-16-11-20(24(5)6)12-17(2)22(16)26-9-10-27(15-26)23-18(3)13-21(25(7)8)14-19(23)4/h9-15H,1-8H3/q+1. The van der Waals surface area contributed by atoms with E-state index in [1.54, 1.807) is 0 Å². The van der Waals surface area contributed by atoms with Gasteiger partial charge in [0.05, 0.1) is 0 Å². The molecule has 0 amide bonds. The summed E-state index contributed by atoms with van der Waals surface area (Å²) < 4.78 is 4.45. The molecule has 0 fully saturated rings. The normalized spacial score (nSPS) is 11.0. The summed E-state index contributed by atoms with van der Waals surface area (Å²) in [5, 5.41) is 0. The second kappa shape index (κ2) is 7.10. The van der Waals surface area contributed by atoms with E-state index in [-0.39, 0.29) is 0 Å². The van der Waals surface area contributed by atoms with Crippen LogP contribution in [0, 0.1) is 27.7 Å². The summed E-state index contributed by atoms with van der Waals surface area (Å²) in [6.07, 6.45) is 6.46. The summed E-state index contributed by atoms with van der Waals surface area (Å²) in [5.41, 5.74) is 10.1. The quantitative estimate of drug-likeness (QED) is 0.648. The minimum Gasteiger partial charge on any atom is -0.378 e. The highest BCUT2D eigenvalue weighted by Crippen LogP contribution is 2.26. The number of imidazole rings is 1. The van der Waals surface area contributed by atoms with Gasteiger partial charge in [-0.05, 0) is 74.2 Å². The van der Waals surface area contributed by atoms with Crippen molar-refractivity contribution in [2.24, 2.45) is 0 Å². The Kier molecular flexibility index (Phi) is 5.01. The van der Waals surface area contributed by atoms with Gasteiger partial charge in [-0.25, -0.2) is 9.13 Å². The van der Waals surface area contributed by atoms with Gasteiger partial charge in [0.15, 0.2) is 0 Å². The van der Waals surface area contributed by atoms with Crippen LogP contribution in [0.1, 0.15) is 22.3 Å². The molecule has 0 spiro atoms. The van der Waals surface area contributed by atoms with Crippen LogP contribution in [0.4, 0.5) is 11.4 Å². The van der Waals surface area contributed by atoms with E-state index in [0.717, 1.165) is 0 Å². The van der Waals surface area contributed by atoms with Gasteiger partial charge in [-0.15, -0.1) is 0 Å². The van der Waals surface area contributed by atoms with Crippen LogP contribution in [-0.2, 0) is 0 Å². The number of rotatable bonds is 4. The first kappa shape index (κ1) is 19.0. The van der Waals surface area contributed by atoms with Crippen LogP contribution in [0.5, 0.6) is 0 Å². The predicted molar refractivity (Wildman–Crippen MR) is 115 cm³/mol. The summed E-state index contributed by atoms with van der Waals surface area (Å²) in [6, 6.07) is 8.98. The van der Waals surface area contributed by atoms with Gasteiger partial charge < -0.3 is 9.80 Å². The maximum absolute atomic E-state index is 2.25. The summed E-state index contributed by atoms with van der Waals surface area (Å²) in [6.45, 7) is 8.73. The second-order valence-electron chi connectivity index (χ2n) is 7.87. The Bertz CT molecular complexity index is 856. The maximum Gasteiger partial charge on any atom is 0.254 e. The van der Waals surface area contributed by atoms with E-state index in [9.17, 15) is 0 Å². The Hall–Kier alpha value is -2.75. The van der Waals surface area contributed by atoms with Crippen molar-refractivity contribution < 1.29 is 4.57 Å². The predicted octanol–water partition coefficient (Wildman–Crippen LogP) is 4.12. The zero-order valence-electron chi connectivity index (χ0n) is 17.8. The molecule has 4 heteroatoms. The number of hydrogen-bond acceptors (Lipinski definition) is 2. The van der Waals surface area contributed by atoms with E-state index in [2.05, 4.69) is 118 Å². The van der Waals surface area contributed by atoms with Crippen LogP contribution >= 0.6 is 0 Å². The van der Waals surface area contributed by atoms with Crippen LogP contribution < -0.4 is 14.4 Å². The summed E-state index contributed by atoms with van der Waals surface area (Å²) in [4.78, 5) is 4.30. The van der Waals surface area contributed by atoms with Crippen molar-refractivity contribution in [3.05, 3.63) is 65.2 Å². The van der Waals surface area contributed by atoms with E-state index in [1.165, 1.54) is 45.0 Å². The highest BCUT2D eigenvalue weighted by Gasteiger charge is 2.18. The van der Waals surface area contributed by atoms with Gasteiger partial charge in [-0.2, -0.15) is 0 Å². The average molecular weight is 364 g/mol. The van der Waals surface area contributed by atoms with Gasteiger partial charge in [-0.3, -0.25) is 0 Å². The van der Waals surface area contributed by atoms with Crippen LogP contribution in [0.2, 0.25) is 0 Å². The fourth-order valence-corrected chi connectivity index (χ4v) is 3.82. The maximum atomic E-state index is 2.25. The van der Waals surface area contributed by atoms with Gasteiger partial charge in [-0.1, -0.05) is 0 Å². The SMILES string of the molecule is Cc1cc(N(C)C)cc(C)c1-n1cc[n+](-c2c(C)cc(N(C)C)cc2C)c1. The first-order chi connectivity index (χ1) is 12.7. The molecule has 0 aliphatic rings. The van der Waals surface area contributed by atoms with Crippen LogP contribution in [0.25, 0.3) is 11.4 Å². The molecule has 0 radical (unpaired) electrons. The molecule has 27 heavy (non-hydrogen) atoms. The van der Waals surface area contributed by atoms with Crippen molar-refractivity contribution in [2.45, 2.75) is 27.7 Å². The first-order valence-corrected chi connectivity index (χ1v) is 9.36. The smallest absolute Gasteiger partial charge is 0.254 e. The molecule has 2 aromatic carbocycles. The molecule has 4 nitrogen and oxygen atoms in total. The second-order valence-corrected chi connectivity index (χ2v) is 7.87. The minimum atomic E-state index is 1.24. The molecule has 0 saturated heterocycles. The fraction of sp³-hybridized carbons (Fsp3) is 0.348. The number of hydrogen-bond donors (Lipinski definition) is 0. The van der Waals surface area contributed by atoms with Gasteiger partial charge >= 0.3 is 0 Å². The van der Waals surface area contributed by atoms with E-state index >= 15 is 0 Å². The highest BCUT2D eigenvalue weighted by atomic mass is 15.1. The van der Waals surface area contributed by atoms with Crippen molar-refractivity contribution in [3.8, 4) is 11.4 Å². The third kappa shape index (κ3) is 3.57. The molecule has 142 valence electrons. The fourth-order valence-electron chi connectivity index (χ4n) is 3.82. The van der Waals surface area contributed by atoms with E-state index in [0.29, 0.717) is 0 Å². The van der Waals surface area contributed by atoms with Gasteiger partial charge in [0.1, 0.15) is 23.8 Å². The molecular weight excluding hydrogens is 332 g/mol. The Morgan fingerprint density at radius 3 is 1.59 bits per heavy atom. The van der Waals surface area contributed by atoms with Crippen LogP contribution in [-0.4, -0.2) is 32.8 Å². The molecule has 0 N–H and O–H groups in total. The topological polar surface area (TPSA) is 15.3 Å². The van der Waals surface area contributed by atoms with Crippen molar-refractivity contribution in [2.75, 3.05) is 38.0 Å². The molecule has 0 aliphatic heterocycles. The zero-order chi connectivity index (χ0) is 19.9. The lowest BCUT2D eigenvalue weighted by atomic mass is 10.1. The third-order valence-electron chi connectivity index (χ3n) is 5.14. The molecule has 3 aromatic rings. The molecule has 0 bridgehead atoms. The van der Waals surface area contributed by atoms with Crippen molar-refractivity contribution in [3.63, 3.8) is 0 Å². The molecule has 0 saturated carbocycles. The largest absolute Gasteiger partial charge is 0.378 e. The minimum absolute atomic E-state index is 1.24. The van der Waals surface area contributed by atoms with E-state index in [1.807, 2.05) is 0 Å².